The number of methoxy groups -OCH3 is 1. The fraction of sp³-hybridized carbons (Fsp3) is 0.278. The summed E-state index contributed by atoms with van der Waals surface area (Å²) in [5.74, 6) is 2.42. The molecule has 0 radical (unpaired) electrons. The molecule has 1 saturated carbocycles. The van der Waals surface area contributed by atoms with E-state index in [2.05, 4.69) is 9.97 Å². The highest BCUT2D eigenvalue weighted by atomic mass is 16.5. The van der Waals surface area contributed by atoms with Gasteiger partial charge in [0.05, 0.1) is 12.6 Å². The van der Waals surface area contributed by atoms with Crippen LogP contribution in [0.3, 0.4) is 0 Å². The summed E-state index contributed by atoms with van der Waals surface area (Å²) in [6.07, 6.45) is 2.84. The molecule has 0 unspecified atom stereocenters. The van der Waals surface area contributed by atoms with Crippen molar-refractivity contribution in [1.82, 2.24) is 15.0 Å². The lowest BCUT2D eigenvalue weighted by molar-refractivity contribution is 0.419. The molecule has 1 aromatic carbocycles. The van der Waals surface area contributed by atoms with Gasteiger partial charge < -0.3 is 10.5 Å². The van der Waals surface area contributed by atoms with Gasteiger partial charge in [-0.3, -0.25) is 4.98 Å². The van der Waals surface area contributed by atoms with Crippen molar-refractivity contribution in [3.63, 3.8) is 0 Å². The summed E-state index contributed by atoms with van der Waals surface area (Å²) < 4.78 is 5.53. The van der Waals surface area contributed by atoms with Crippen molar-refractivity contribution in [2.45, 2.75) is 25.2 Å². The first-order chi connectivity index (χ1) is 11.2. The van der Waals surface area contributed by atoms with Gasteiger partial charge >= 0.3 is 0 Å². The molecule has 23 heavy (non-hydrogen) atoms. The van der Waals surface area contributed by atoms with Gasteiger partial charge in [0.15, 0.2) is 0 Å². The van der Waals surface area contributed by atoms with Crippen molar-refractivity contribution >= 4 is 16.6 Å². The van der Waals surface area contributed by atoms with Gasteiger partial charge in [0, 0.05) is 46.6 Å². The van der Waals surface area contributed by atoms with Crippen LogP contribution >= 0.6 is 0 Å². The van der Waals surface area contributed by atoms with Crippen LogP contribution in [0.5, 0.6) is 5.75 Å². The fourth-order valence-corrected chi connectivity index (χ4v) is 3.05. The zero-order valence-electron chi connectivity index (χ0n) is 13.2. The highest BCUT2D eigenvalue weighted by Gasteiger charge is 2.43. The van der Waals surface area contributed by atoms with Crippen LogP contribution in [0.1, 0.15) is 35.5 Å². The summed E-state index contributed by atoms with van der Waals surface area (Å²) in [4.78, 5) is 13.7. The number of nitrogens with two attached hydrogens (primary N) is 1. The quantitative estimate of drug-likeness (QED) is 0.752. The maximum atomic E-state index is 5.89. The van der Waals surface area contributed by atoms with E-state index in [1.54, 1.807) is 7.11 Å². The van der Waals surface area contributed by atoms with E-state index < -0.39 is 0 Å². The fourth-order valence-electron chi connectivity index (χ4n) is 3.05. The van der Waals surface area contributed by atoms with Crippen molar-refractivity contribution < 1.29 is 4.74 Å². The molecule has 2 N–H and O–H groups in total. The molecule has 2 heterocycles. The van der Waals surface area contributed by atoms with E-state index in [0.29, 0.717) is 17.5 Å². The molecule has 5 heteroatoms. The van der Waals surface area contributed by atoms with E-state index in [1.807, 2.05) is 43.5 Å². The van der Waals surface area contributed by atoms with E-state index in [0.717, 1.165) is 40.3 Å². The highest BCUT2D eigenvalue weighted by molar-refractivity contribution is 5.87. The maximum absolute atomic E-state index is 5.89. The lowest BCUT2D eigenvalue weighted by Gasteiger charge is -2.09. The molecule has 0 spiro atoms. The van der Waals surface area contributed by atoms with Gasteiger partial charge in [-0.05, 0) is 37.6 Å². The third-order valence-electron chi connectivity index (χ3n) is 4.35. The molecule has 4 rings (SSSR count). The molecule has 2 aromatic heterocycles. The molecule has 0 amide bonds. The Balaban J connectivity index is 1.73. The van der Waals surface area contributed by atoms with Crippen LogP contribution in [-0.2, 0) is 0 Å². The summed E-state index contributed by atoms with van der Waals surface area (Å²) in [6, 6.07) is 9.66. The van der Waals surface area contributed by atoms with Crippen LogP contribution < -0.4 is 10.5 Å². The molecular formula is C18H18N4O. The van der Waals surface area contributed by atoms with E-state index in [-0.39, 0.29) is 0 Å². The summed E-state index contributed by atoms with van der Waals surface area (Å²) >= 11 is 0. The smallest absolute Gasteiger partial charge is 0.132 e. The third-order valence-corrected chi connectivity index (χ3v) is 4.35. The predicted molar refractivity (Wildman–Crippen MR) is 89.6 cm³/mol. The number of hydrogen-bond acceptors (Lipinski definition) is 5. The van der Waals surface area contributed by atoms with Gasteiger partial charge in [0.2, 0.25) is 0 Å². The number of nitrogens with zero attached hydrogens (tertiary/aromatic N) is 3. The number of ether oxygens (including phenoxy) is 1. The topological polar surface area (TPSA) is 73.9 Å². The van der Waals surface area contributed by atoms with E-state index in [1.165, 1.54) is 0 Å². The van der Waals surface area contributed by atoms with Crippen LogP contribution in [0.15, 0.2) is 36.5 Å². The molecule has 0 aliphatic heterocycles. The van der Waals surface area contributed by atoms with Crippen molar-refractivity contribution in [3.05, 3.63) is 53.7 Å². The summed E-state index contributed by atoms with van der Waals surface area (Å²) in [5.41, 5.74) is 9.49. The molecular weight excluding hydrogens is 288 g/mol. The minimum atomic E-state index is 0.339. The molecule has 1 aliphatic carbocycles. The Kier molecular flexibility index (Phi) is 3.15. The van der Waals surface area contributed by atoms with Crippen molar-refractivity contribution in [1.29, 1.82) is 0 Å². The number of nitrogen functional groups attached to an aromatic ring is 1. The molecule has 5 nitrogen and oxygen atoms in total. The number of pyridine rings is 1. The molecule has 1 fully saturated rings. The molecule has 0 bridgehead atoms. The largest absolute Gasteiger partial charge is 0.496 e. The summed E-state index contributed by atoms with van der Waals surface area (Å²) in [7, 11) is 1.68. The number of aryl methyl sites for hydroxylation is 1. The van der Waals surface area contributed by atoms with Gasteiger partial charge in [0.1, 0.15) is 11.6 Å². The Morgan fingerprint density at radius 2 is 2.00 bits per heavy atom. The van der Waals surface area contributed by atoms with Crippen molar-refractivity contribution in [2.24, 2.45) is 0 Å². The number of benzene rings is 1. The Morgan fingerprint density at radius 1 is 1.13 bits per heavy atom. The first-order valence-corrected chi connectivity index (χ1v) is 7.69. The molecule has 116 valence electrons. The van der Waals surface area contributed by atoms with Gasteiger partial charge in [0.25, 0.3) is 0 Å². The van der Waals surface area contributed by atoms with Crippen LogP contribution in [0.25, 0.3) is 10.9 Å². The van der Waals surface area contributed by atoms with Gasteiger partial charge in [-0.15, -0.1) is 0 Å². The SMILES string of the molecule is COc1cc([C@H]2C[C@@H]2c2nccc(C)n2)nc2cc(N)ccc12. The highest BCUT2D eigenvalue weighted by Crippen LogP contribution is 2.53. The minimum Gasteiger partial charge on any atom is -0.496 e. The third kappa shape index (κ3) is 2.48. The van der Waals surface area contributed by atoms with Crippen LogP contribution in [0.2, 0.25) is 0 Å². The van der Waals surface area contributed by atoms with E-state index in [9.17, 15) is 0 Å². The summed E-state index contributed by atoms with van der Waals surface area (Å²) in [5, 5.41) is 0.981. The number of hydrogen-bond donors (Lipinski definition) is 1. The number of fused-ring (bicyclic) bond motifs is 1. The molecule has 1 aliphatic rings. The average molecular weight is 306 g/mol. The maximum Gasteiger partial charge on any atom is 0.132 e. The zero-order valence-corrected chi connectivity index (χ0v) is 13.2. The molecule has 2 atom stereocenters. The van der Waals surface area contributed by atoms with Gasteiger partial charge in [-0.1, -0.05) is 0 Å². The second kappa shape index (κ2) is 5.19. The minimum absolute atomic E-state index is 0.339. The van der Waals surface area contributed by atoms with Crippen LogP contribution in [-0.4, -0.2) is 22.1 Å². The van der Waals surface area contributed by atoms with Crippen LogP contribution in [0.4, 0.5) is 5.69 Å². The predicted octanol–water partition coefficient (Wildman–Crippen LogP) is 3.20. The molecule has 3 aromatic rings. The second-order valence-electron chi connectivity index (χ2n) is 6.03. The number of rotatable bonds is 3. The molecule has 0 saturated heterocycles. The van der Waals surface area contributed by atoms with Gasteiger partial charge in [-0.25, -0.2) is 9.97 Å². The van der Waals surface area contributed by atoms with E-state index >= 15 is 0 Å². The van der Waals surface area contributed by atoms with Gasteiger partial charge in [-0.2, -0.15) is 0 Å². The lowest BCUT2D eigenvalue weighted by Crippen LogP contribution is -1.97. The standard InChI is InChI=1S/C18H18N4O/c1-10-5-6-20-18(21-10)14-8-13(14)16-9-17(23-2)12-4-3-11(19)7-15(12)22-16/h3-7,9,13-14H,8,19H2,1-2H3/t13-,14-/m0/s1. The Hall–Kier alpha value is -2.69. The Morgan fingerprint density at radius 3 is 2.78 bits per heavy atom. The Labute approximate surface area is 134 Å². The zero-order chi connectivity index (χ0) is 16.0. The lowest BCUT2D eigenvalue weighted by atomic mass is 10.1. The normalized spacial score (nSPS) is 19.7. The number of anilines is 1. The van der Waals surface area contributed by atoms with Crippen molar-refractivity contribution in [2.75, 3.05) is 12.8 Å². The number of aromatic nitrogens is 3. The monoisotopic (exact) mass is 306 g/mol. The van der Waals surface area contributed by atoms with E-state index in [4.69, 9.17) is 15.5 Å². The van der Waals surface area contributed by atoms with Crippen LogP contribution in [0, 0.1) is 6.92 Å². The Bertz CT molecular complexity index is 893. The first kappa shape index (κ1) is 13.9. The summed E-state index contributed by atoms with van der Waals surface area (Å²) in [6.45, 7) is 1.99. The average Bonchev–Trinajstić information content (AvgIpc) is 3.34. The van der Waals surface area contributed by atoms with Crippen molar-refractivity contribution in [3.8, 4) is 5.75 Å². The second-order valence-corrected chi connectivity index (χ2v) is 6.03. The first-order valence-electron chi connectivity index (χ1n) is 7.69.